The Kier molecular flexibility index (Phi) is 4.69. The van der Waals surface area contributed by atoms with Crippen LogP contribution in [-0.4, -0.2) is 21.7 Å². The zero-order valence-corrected chi connectivity index (χ0v) is 12.2. The van der Waals surface area contributed by atoms with E-state index < -0.39 is 10.8 Å². The lowest BCUT2D eigenvalue weighted by atomic mass is 10.0. The Bertz CT molecular complexity index is 605. The summed E-state index contributed by atoms with van der Waals surface area (Å²) in [5, 5.41) is 8.69. The van der Waals surface area contributed by atoms with Gasteiger partial charge in [0.05, 0.1) is 11.2 Å². The molecule has 0 aliphatic heterocycles. The molecule has 0 aliphatic rings. The second kappa shape index (κ2) is 6.48. The van der Waals surface area contributed by atoms with Crippen LogP contribution < -0.4 is 0 Å². The summed E-state index contributed by atoms with van der Waals surface area (Å²) in [5.74, 6) is -1.21. The second-order valence-corrected chi connectivity index (χ2v) is 5.48. The number of carboxylic acids is 1. The van der Waals surface area contributed by atoms with E-state index in [0.717, 1.165) is 11.1 Å². The van der Waals surface area contributed by atoms with E-state index in [-0.39, 0.29) is 12.2 Å². The number of ketones is 1. The molecule has 2 aromatic rings. The van der Waals surface area contributed by atoms with Gasteiger partial charge in [-0.25, -0.2) is 0 Å². The van der Waals surface area contributed by atoms with Gasteiger partial charge in [-0.15, -0.1) is 0 Å². The fourth-order valence-corrected chi connectivity index (χ4v) is 2.43. The summed E-state index contributed by atoms with van der Waals surface area (Å²) in [6.07, 6.45) is -0.223. The maximum Gasteiger partial charge on any atom is 0.304 e. The fraction of sp³-hybridized carbons (Fsp3) is 0.125. The van der Waals surface area contributed by atoms with Crippen molar-refractivity contribution in [2.75, 3.05) is 0 Å². The Morgan fingerprint density at radius 2 is 1.50 bits per heavy atom. The number of hydrogen-bond acceptors (Lipinski definition) is 2. The quantitative estimate of drug-likeness (QED) is 0.669. The normalized spacial score (nSPS) is 11.8. The molecule has 0 amide bonds. The van der Waals surface area contributed by atoms with Crippen LogP contribution in [0.25, 0.3) is 11.1 Å². The number of carbonyl (C=O) groups is 2. The standard InChI is InChI=1S/C16H13BrO3/c17-14(10-15(18)19)16(20)13-8-6-12(7-9-13)11-4-2-1-3-5-11/h1-9,14H,10H2,(H,18,19). The van der Waals surface area contributed by atoms with E-state index in [1.165, 1.54) is 0 Å². The SMILES string of the molecule is O=C(O)CC(Br)C(=O)c1ccc(-c2ccccc2)cc1. The van der Waals surface area contributed by atoms with Gasteiger partial charge >= 0.3 is 5.97 Å². The Balaban J connectivity index is 2.16. The molecule has 20 heavy (non-hydrogen) atoms. The summed E-state index contributed by atoms with van der Waals surface area (Å²) >= 11 is 3.11. The molecule has 0 bridgehead atoms. The molecule has 3 nitrogen and oxygen atoms in total. The van der Waals surface area contributed by atoms with Crippen molar-refractivity contribution < 1.29 is 14.7 Å². The first-order valence-electron chi connectivity index (χ1n) is 6.13. The lowest BCUT2D eigenvalue weighted by Gasteiger charge is -2.07. The molecule has 2 rings (SSSR count). The van der Waals surface area contributed by atoms with Crippen LogP contribution in [0.3, 0.4) is 0 Å². The first-order chi connectivity index (χ1) is 9.58. The first-order valence-corrected chi connectivity index (χ1v) is 7.05. The number of Topliss-reactive ketones (excluding diaryl/α,β-unsaturated/α-hetero) is 1. The van der Waals surface area contributed by atoms with Crippen molar-refractivity contribution in [1.82, 2.24) is 0 Å². The van der Waals surface area contributed by atoms with Gasteiger partial charge in [0.1, 0.15) is 0 Å². The number of halogens is 1. The first kappa shape index (κ1) is 14.5. The molecule has 0 saturated carbocycles. The van der Waals surface area contributed by atoms with Crippen LogP contribution in [0.15, 0.2) is 54.6 Å². The van der Waals surface area contributed by atoms with Crippen LogP contribution in [0.1, 0.15) is 16.8 Å². The maximum atomic E-state index is 12.0. The molecule has 0 spiro atoms. The average Bonchev–Trinajstić information content (AvgIpc) is 2.47. The van der Waals surface area contributed by atoms with E-state index in [9.17, 15) is 9.59 Å². The zero-order chi connectivity index (χ0) is 14.5. The summed E-state index contributed by atoms with van der Waals surface area (Å²) in [5.41, 5.74) is 2.60. The second-order valence-electron chi connectivity index (χ2n) is 4.37. The van der Waals surface area contributed by atoms with Crippen LogP contribution in [0.5, 0.6) is 0 Å². The summed E-state index contributed by atoms with van der Waals surface area (Å²) < 4.78 is 0. The van der Waals surface area contributed by atoms with Gasteiger partial charge in [0.25, 0.3) is 0 Å². The molecule has 1 unspecified atom stereocenters. The molecule has 0 radical (unpaired) electrons. The zero-order valence-electron chi connectivity index (χ0n) is 10.6. The minimum atomic E-state index is -0.999. The average molecular weight is 333 g/mol. The number of carboxylic acid groups (broad SMARTS) is 1. The van der Waals surface area contributed by atoms with Crippen molar-refractivity contribution in [2.45, 2.75) is 11.2 Å². The van der Waals surface area contributed by atoms with E-state index in [0.29, 0.717) is 5.56 Å². The molecular formula is C16H13BrO3. The molecule has 0 heterocycles. The number of alkyl halides is 1. The van der Waals surface area contributed by atoms with Crippen molar-refractivity contribution in [2.24, 2.45) is 0 Å². The Hall–Kier alpha value is -1.94. The predicted octanol–water partition coefficient (Wildman–Crippen LogP) is 3.77. The van der Waals surface area contributed by atoms with Gasteiger partial charge < -0.3 is 5.11 Å². The van der Waals surface area contributed by atoms with Crippen LogP contribution in [0.2, 0.25) is 0 Å². The fourth-order valence-electron chi connectivity index (χ4n) is 1.88. The van der Waals surface area contributed by atoms with Gasteiger partial charge in [-0.3, -0.25) is 9.59 Å². The molecule has 0 aromatic heterocycles. The topological polar surface area (TPSA) is 54.4 Å². The van der Waals surface area contributed by atoms with Crippen molar-refractivity contribution in [3.63, 3.8) is 0 Å². The van der Waals surface area contributed by atoms with E-state index >= 15 is 0 Å². The molecule has 102 valence electrons. The molecule has 1 atom stereocenters. The Morgan fingerprint density at radius 3 is 2.05 bits per heavy atom. The van der Waals surface area contributed by atoms with Gasteiger partial charge in [0, 0.05) is 5.56 Å². The number of carbonyl (C=O) groups excluding carboxylic acids is 1. The molecule has 4 heteroatoms. The maximum absolute atomic E-state index is 12.0. The van der Waals surface area contributed by atoms with Crippen molar-refractivity contribution in [3.8, 4) is 11.1 Å². The molecule has 2 aromatic carbocycles. The highest BCUT2D eigenvalue weighted by atomic mass is 79.9. The van der Waals surface area contributed by atoms with Crippen LogP contribution >= 0.6 is 15.9 Å². The van der Waals surface area contributed by atoms with Crippen LogP contribution in [0, 0.1) is 0 Å². The van der Waals surface area contributed by atoms with Gasteiger partial charge in [-0.1, -0.05) is 70.5 Å². The largest absolute Gasteiger partial charge is 0.481 e. The highest BCUT2D eigenvalue weighted by molar-refractivity contribution is 9.10. The van der Waals surface area contributed by atoms with Crippen LogP contribution in [0.4, 0.5) is 0 Å². The number of benzene rings is 2. The summed E-state index contributed by atoms with van der Waals surface area (Å²) in [4.78, 5) is 21.9. The molecule has 0 saturated heterocycles. The van der Waals surface area contributed by atoms with Crippen molar-refractivity contribution >= 4 is 27.7 Å². The number of hydrogen-bond donors (Lipinski definition) is 1. The van der Waals surface area contributed by atoms with E-state index in [1.54, 1.807) is 12.1 Å². The molecular weight excluding hydrogens is 320 g/mol. The van der Waals surface area contributed by atoms with Crippen molar-refractivity contribution in [3.05, 3.63) is 60.2 Å². The summed E-state index contributed by atoms with van der Waals surface area (Å²) in [6.45, 7) is 0. The lowest BCUT2D eigenvalue weighted by Crippen LogP contribution is -2.18. The highest BCUT2D eigenvalue weighted by Crippen LogP contribution is 2.21. The highest BCUT2D eigenvalue weighted by Gasteiger charge is 2.19. The number of aliphatic carboxylic acids is 1. The minimum Gasteiger partial charge on any atom is -0.481 e. The van der Waals surface area contributed by atoms with Crippen molar-refractivity contribution in [1.29, 1.82) is 0 Å². The summed E-state index contributed by atoms with van der Waals surface area (Å²) in [7, 11) is 0. The lowest BCUT2D eigenvalue weighted by molar-refractivity contribution is -0.136. The van der Waals surface area contributed by atoms with Gasteiger partial charge in [-0.2, -0.15) is 0 Å². The smallest absolute Gasteiger partial charge is 0.304 e. The third-order valence-electron chi connectivity index (χ3n) is 2.91. The molecule has 1 N–H and O–H groups in total. The van der Waals surface area contributed by atoms with Gasteiger partial charge in [0.2, 0.25) is 0 Å². The minimum absolute atomic E-state index is 0.216. The predicted molar refractivity (Wildman–Crippen MR) is 81.2 cm³/mol. The molecule has 0 fully saturated rings. The summed E-state index contributed by atoms with van der Waals surface area (Å²) in [6, 6.07) is 17.0. The Labute approximate surface area is 125 Å². The number of rotatable bonds is 5. The monoisotopic (exact) mass is 332 g/mol. The third kappa shape index (κ3) is 3.54. The van der Waals surface area contributed by atoms with Crippen LogP contribution in [-0.2, 0) is 4.79 Å². The van der Waals surface area contributed by atoms with E-state index in [2.05, 4.69) is 15.9 Å². The Morgan fingerprint density at radius 1 is 0.950 bits per heavy atom. The third-order valence-corrected chi connectivity index (χ3v) is 3.65. The van der Waals surface area contributed by atoms with Gasteiger partial charge in [0.15, 0.2) is 5.78 Å². The van der Waals surface area contributed by atoms with E-state index in [4.69, 9.17) is 5.11 Å². The van der Waals surface area contributed by atoms with E-state index in [1.807, 2.05) is 42.5 Å². The molecule has 0 aliphatic carbocycles. The van der Waals surface area contributed by atoms with Gasteiger partial charge in [-0.05, 0) is 11.1 Å².